The Morgan fingerprint density at radius 3 is 1.78 bits per heavy atom. The highest BCUT2D eigenvalue weighted by atomic mass is 16.4. The minimum atomic E-state index is -1.05. The van der Waals surface area contributed by atoms with E-state index in [4.69, 9.17) is 10.2 Å². The molecule has 9 heteroatoms. The molecule has 1 aromatic rings. The van der Waals surface area contributed by atoms with E-state index in [1.807, 2.05) is 6.92 Å². The molecule has 98 valence electrons. The smallest absolute Gasteiger partial charge is 0.322 e. The van der Waals surface area contributed by atoms with Gasteiger partial charge in [0.15, 0.2) is 0 Å². The fourth-order valence-corrected chi connectivity index (χ4v) is 1.05. The lowest BCUT2D eigenvalue weighted by atomic mass is 10.4. The van der Waals surface area contributed by atoms with Gasteiger partial charge in [-0.05, 0) is 0 Å². The Labute approximate surface area is 102 Å². The summed E-state index contributed by atoms with van der Waals surface area (Å²) in [4.78, 5) is 32.6. The number of aryl methyl sites for hydroxylation is 1. The van der Waals surface area contributed by atoms with Crippen LogP contribution >= 0.6 is 0 Å². The van der Waals surface area contributed by atoms with Crippen molar-refractivity contribution in [1.29, 1.82) is 0 Å². The van der Waals surface area contributed by atoms with E-state index >= 15 is 0 Å². The molecular weight excluding hydrogens is 242 g/mol. The zero-order valence-corrected chi connectivity index (χ0v) is 9.67. The minimum absolute atomic E-state index is 0.0946. The van der Waals surface area contributed by atoms with Gasteiger partial charge in [0, 0.05) is 6.42 Å². The van der Waals surface area contributed by atoms with Gasteiger partial charge >= 0.3 is 11.9 Å². The molecule has 0 aliphatic carbocycles. The molecule has 4 N–H and O–H groups in total. The van der Waals surface area contributed by atoms with Gasteiger partial charge in [0.05, 0.1) is 0 Å². The maximum atomic E-state index is 10.4. The summed E-state index contributed by atoms with van der Waals surface area (Å²) in [5, 5.41) is 22.0. The summed E-state index contributed by atoms with van der Waals surface area (Å²) in [7, 11) is 0. The molecule has 1 heterocycles. The monoisotopic (exact) mass is 255 g/mol. The van der Waals surface area contributed by atoms with Crippen LogP contribution in [0.4, 0.5) is 11.9 Å². The third kappa shape index (κ3) is 4.60. The topological polar surface area (TPSA) is 137 Å². The molecule has 18 heavy (non-hydrogen) atoms. The molecule has 0 amide bonds. The predicted molar refractivity (Wildman–Crippen MR) is 61.5 cm³/mol. The van der Waals surface area contributed by atoms with Crippen molar-refractivity contribution in [2.24, 2.45) is 0 Å². The van der Waals surface area contributed by atoms with Gasteiger partial charge < -0.3 is 20.8 Å². The van der Waals surface area contributed by atoms with E-state index < -0.39 is 11.9 Å². The summed E-state index contributed by atoms with van der Waals surface area (Å²) in [5.74, 6) is -1.47. The van der Waals surface area contributed by atoms with E-state index in [0.717, 1.165) is 0 Å². The Morgan fingerprint density at radius 2 is 1.44 bits per heavy atom. The number of hydrogen-bond donors (Lipinski definition) is 4. The first-order valence-electron chi connectivity index (χ1n) is 5.17. The first-order valence-corrected chi connectivity index (χ1v) is 5.17. The van der Waals surface area contributed by atoms with Crippen molar-refractivity contribution in [2.75, 3.05) is 23.7 Å². The zero-order chi connectivity index (χ0) is 13.5. The summed E-state index contributed by atoms with van der Waals surface area (Å²) >= 11 is 0. The number of hydrogen-bond acceptors (Lipinski definition) is 7. The van der Waals surface area contributed by atoms with Crippen molar-refractivity contribution >= 4 is 23.8 Å². The number of aromatic nitrogens is 3. The van der Waals surface area contributed by atoms with Gasteiger partial charge in [0.25, 0.3) is 0 Å². The largest absolute Gasteiger partial charge is 0.480 e. The number of carbonyl (C=O) groups is 2. The number of rotatable bonds is 7. The van der Waals surface area contributed by atoms with Crippen molar-refractivity contribution in [3.8, 4) is 0 Å². The van der Waals surface area contributed by atoms with Crippen LogP contribution in [0.3, 0.4) is 0 Å². The molecule has 0 saturated carbocycles. The molecule has 1 aromatic heterocycles. The lowest BCUT2D eigenvalue weighted by molar-refractivity contribution is -0.135. The molecular formula is C9H13N5O4. The van der Waals surface area contributed by atoms with E-state index in [-0.39, 0.29) is 25.0 Å². The normalized spacial score (nSPS) is 9.83. The summed E-state index contributed by atoms with van der Waals surface area (Å²) in [6, 6.07) is 0. The molecule has 0 bridgehead atoms. The Balaban J connectivity index is 2.80. The van der Waals surface area contributed by atoms with Crippen LogP contribution in [0, 0.1) is 0 Å². The molecule has 0 fully saturated rings. The van der Waals surface area contributed by atoms with E-state index in [0.29, 0.717) is 12.2 Å². The van der Waals surface area contributed by atoms with Crippen LogP contribution in [0.5, 0.6) is 0 Å². The predicted octanol–water partition coefficient (Wildman–Crippen LogP) is -0.573. The molecule has 0 aliphatic rings. The van der Waals surface area contributed by atoms with Gasteiger partial charge in [-0.25, -0.2) is 0 Å². The zero-order valence-electron chi connectivity index (χ0n) is 9.67. The van der Waals surface area contributed by atoms with Crippen molar-refractivity contribution in [3.05, 3.63) is 5.82 Å². The van der Waals surface area contributed by atoms with Crippen molar-refractivity contribution in [1.82, 2.24) is 15.0 Å². The van der Waals surface area contributed by atoms with Crippen LogP contribution in [-0.2, 0) is 16.0 Å². The highest BCUT2D eigenvalue weighted by molar-refractivity contribution is 5.72. The van der Waals surface area contributed by atoms with Crippen LogP contribution < -0.4 is 10.6 Å². The summed E-state index contributed by atoms with van der Waals surface area (Å²) in [6.45, 7) is 1.16. The number of carboxylic acids is 2. The first-order chi connectivity index (χ1) is 8.51. The number of aliphatic carboxylic acids is 2. The van der Waals surface area contributed by atoms with Gasteiger partial charge in [-0.2, -0.15) is 15.0 Å². The fraction of sp³-hybridized carbons (Fsp3) is 0.444. The van der Waals surface area contributed by atoms with Crippen molar-refractivity contribution < 1.29 is 19.8 Å². The Bertz CT molecular complexity index is 414. The SMILES string of the molecule is CCc1nc(NCC(=O)O)nc(NCC(=O)O)n1. The van der Waals surface area contributed by atoms with Crippen LogP contribution in [0.1, 0.15) is 12.7 Å². The molecule has 1 rings (SSSR count). The molecule has 0 atom stereocenters. The lowest BCUT2D eigenvalue weighted by Gasteiger charge is -2.07. The molecule has 0 aliphatic heterocycles. The number of nitrogens with one attached hydrogen (secondary N) is 2. The minimum Gasteiger partial charge on any atom is -0.480 e. The third-order valence-corrected chi connectivity index (χ3v) is 1.79. The van der Waals surface area contributed by atoms with E-state index in [2.05, 4.69) is 25.6 Å². The molecule has 0 aromatic carbocycles. The van der Waals surface area contributed by atoms with Crippen LogP contribution in [0.25, 0.3) is 0 Å². The van der Waals surface area contributed by atoms with Crippen molar-refractivity contribution in [3.63, 3.8) is 0 Å². The lowest BCUT2D eigenvalue weighted by Crippen LogP contribution is -2.18. The van der Waals surface area contributed by atoms with Gasteiger partial charge in [0.2, 0.25) is 11.9 Å². The average molecular weight is 255 g/mol. The Kier molecular flexibility index (Phi) is 4.78. The van der Waals surface area contributed by atoms with Gasteiger partial charge in [0.1, 0.15) is 18.9 Å². The molecule has 0 saturated heterocycles. The average Bonchev–Trinajstić information content (AvgIpc) is 2.33. The van der Waals surface area contributed by atoms with E-state index in [9.17, 15) is 9.59 Å². The number of nitrogens with zero attached hydrogens (tertiary/aromatic N) is 3. The highest BCUT2D eigenvalue weighted by Gasteiger charge is 2.07. The maximum absolute atomic E-state index is 10.4. The first kappa shape index (κ1) is 13.6. The van der Waals surface area contributed by atoms with Gasteiger partial charge in [-0.1, -0.05) is 6.92 Å². The second kappa shape index (κ2) is 6.33. The quantitative estimate of drug-likeness (QED) is 0.504. The number of carboxylic acid groups (broad SMARTS) is 2. The Morgan fingerprint density at radius 1 is 1.00 bits per heavy atom. The second-order valence-corrected chi connectivity index (χ2v) is 3.25. The molecule has 0 unspecified atom stereocenters. The van der Waals surface area contributed by atoms with Crippen molar-refractivity contribution in [2.45, 2.75) is 13.3 Å². The maximum Gasteiger partial charge on any atom is 0.322 e. The second-order valence-electron chi connectivity index (χ2n) is 3.25. The summed E-state index contributed by atoms with van der Waals surface area (Å²) < 4.78 is 0. The number of anilines is 2. The van der Waals surface area contributed by atoms with Gasteiger partial charge in [-0.3, -0.25) is 9.59 Å². The van der Waals surface area contributed by atoms with Crippen LogP contribution in [0.15, 0.2) is 0 Å². The molecule has 9 nitrogen and oxygen atoms in total. The molecule has 0 radical (unpaired) electrons. The van der Waals surface area contributed by atoms with E-state index in [1.165, 1.54) is 0 Å². The standard InChI is InChI=1S/C9H13N5O4/c1-2-5-12-8(10-3-6(15)16)14-9(13-5)11-4-7(17)18/h2-4H2,1H3,(H,15,16)(H,17,18)(H2,10,11,12,13,14). The van der Waals surface area contributed by atoms with E-state index in [1.54, 1.807) is 0 Å². The highest BCUT2D eigenvalue weighted by Crippen LogP contribution is 2.05. The van der Waals surface area contributed by atoms with Crippen LogP contribution in [0.2, 0.25) is 0 Å². The molecule has 0 spiro atoms. The van der Waals surface area contributed by atoms with Crippen LogP contribution in [-0.4, -0.2) is 50.2 Å². The third-order valence-electron chi connectivity index (χ3n) is 1.79. The Hall–Kier alpha value is -2.45. The summed E-state index contributed by atoms with van der Waals surface area (Å²) in [5.41, 5.74) is 0. The fourth-order valence-electron chi connectivity index (χ4n) is 1.05. The van der Waals surface area contributed by atoms with Gasteiger partial charge in [-0.15, -0.1) is 0 Å². The summed E-state index contributed by atoms with van der Waals surface area (Å²) in [6.07, 6.45) is 0.520.